The number of hydrogen-bond acceptors (Lipinski definition) is 8. The Hall–Kier alpha value is -5.39. The van der Waals surface area contributed by atoms with Crippen molar-refractivity contribution in [2.75, 3.05) is 54.5 Å². The predicted octanol–water partition coefficient (Wildman–Crippen LogP) is 4.77. The minimum absolute atomic E-state index is 0.243. The van der Waals surface area contributed by atoms with E-state index < -0.39 is 0 Å². The zero-order valence-corrected chi connectivity index (χ0v) is 26.0. The molecule has 3 aromatic carbocycles. The summed E-state index contributed by atoms with van der Waals surface area (Å²) in [6.45, 7) is 10.7. The minimum Gasteiger partial charge on any atom is -0.378 e. The molecule has 0 unspecified atom stereocenters. The Kier molecular flexibility index (Phi) is 10.5. The topological polar surface area (TPSA) is 132 Å². The van der Waals surface area contributed by atoms with E-state index in [1.165, 1.54) is 24.0 Å². The van der Waals surface area contributed by atoms with E-state index in [4.69, 9.17) is 0 Å². The largest absolute Gasteiger partial charge is 0.378 e. The van der Waals surface area contributed by atoms with Crippen LogP contribution in [-0.2, 0) is 17.9 Å². The van der Waals surface area contributed by atoms with Gasteiger partial charge in [-0.1, -0.05) is 30.8 Å². The highest BCUT2D eigenvalue weighted by Crippen LogP contribution is 2.19. The van der Waals surface area contributed by atoms with Gasteiger partial charge in [-0.2, -0.15) is 0 Å². The van der Waals surface area contributed by atoms with Gasteiger partial charge in [0.25, 0.3) is 11.8 Å². The van der Waals surface area contributed by atoms with Crippen LogP contribution in [0.25, 0.3) is 0 Å². The second-order valence-corrected chi connectivity index (χ2v) is 11.2. The molecule has 0 radical (unpaired) electrons. The number of hydrogen-bond donors (Lipinski definition) is 4. The lowest BCUT2D eigenvalue weighted by Crippen LogP contribution is -2.43. The number of likely N-dealkylation sites (N-methyl/N-ethyl adjacent to an activating group) is 1. The summed E-state index contributed by atoms with van der Waals surface area (Å²) < 4.78 is 0. The fourth-order valence-electron chi connectivity index (χ4n) is 4.96. The fourth-order valence-corrected chi connectivity index (χ4v) is 4.96. The summed E-state index contributed by atoms with van der Waals surface area (Å²) in [4.78, 5) is 51.1. The first-order valence-electron chi connectivity index (χ1n) is 15.1. The first-order chi connectivity index (χ1) is 22.2. The number of amides is 3. The molecule has 0 saturated carbocycles. The number of rotatable bonds is 11. The van der Waals surface area contributed by atoms with Crippen LogP contribution in [0.1, 0.15) is 37.7 Å². The van der Waals surface area contributed by atoms with Gasteiger partial charge < -0.3 is 26.2 Å². The molecule has 5 rings (SSSR count). The Balaban J connectivity index is 1.14. The van der Waals surface area contributed by atoms with Gasteiger partial charge in [0.1, 0.15) is 5.82 Å². The van der Waals surface area contributed by atoms with Crippen molar-refractivity contribution in [1.82, 2.24) is 19.8 Å². The number of nitrogens with one attached hydrogen (secondary N) is 4. The molecule has 1 aliphatic rings. The quantitative estimate of drug-likeness (QED) is 0.177. The molecule has 1 aromatic heterocycles. The molecule has 11 nitrogen and oxygen atoms in total. The molecule has 3 amide bonds. The third kappa shape index (κ3) is 8.84. The molecular formula is C35H38N8O3. The van der Waals surface area contributed by atoms with Gasteiger partial charge >= 0.3 is 0 Å². The molecule has 11 heteroatoms. The van der Waals surface area contributed by atoms with Gasteiger partial charge in [0.05, 0.1) is 24.6 Å². The van der Waals surface area contributed by atoms with Crippen molar-refractivity contribution in [2.45, 2.75) is 20.0 Å². The van der Waals surface area contributed by atoms with Crippen molar-refractivity contribution < 1.29 is 14.4 Å². The van der Waals surface area contributed by atoms with Gasteiger partial charge in [-0.05, 0) is 73.6 Å². The molecule has 0 atom stereocenters. The predicted molar refractivity (Wildman–Crippen MR) is 181 cm³/mol. The SMILES string of the molecule is C=CC(=O)Nc1cccc(NCc2ncc(NC(=O)c3cc(NC(=O)c4ccc(CN5CCN(C)CC5)cc4)ccc3C)cn2)c1. The minimum atomic E-state index is -0.338. The third-order valence-corrected chi connectivity index (χ3v) is 7.69. The van der Waals surface area contributed by atoms with Crippen molar-refractivity contribution in [3.63, 3.8) is 0 Å². The maximum atomic E-state index is 13.2. The van der Waals surface area contributed by atoms with E-state index in [1.54, 1.807) is 30.3 Å². The van der Waals surface area contributed by atoms with E-state index in [1.807, 2.05) is 43.3 Å². The molecule has 1 saturated heterocycles. The fraction of sp³-hybridized carbons (Fsp3) is 0.229. The van der Waals surface area contributed by atoms with Gasteiger partial charge in [0.2, 0.25) is 5.91 Å². The molecule has 4 N–H and O–H groups in total. The first-order valence-corrected chi connectivity index (χ1v) is 15.1. The van der Waals surface area contributed by atoms with Gasteiger partial charge in [-0.3, -0.25) is 19.3 Å². The number of aromatic nitrogens is 2. The van der Waals surface area contributed by atoms with Crippen LogP contribution in [0.3, 0.4) is 0 Å². The first kappa shape index (κ1) is 32.0. The second-order valence-electron chi connectivity index (χ2n) is 11.2. The smallest absolute Gasteiger partial charge is 0.256 e. The van der Waals surface area contributed by atoms with Crippen LogP contribution in [0.2, 0.25) is 0 Å². The third-order valence-electron chi connectivity index (χ3n) is 7.69. The van der Waals surface area contributed by atoms with E-state index >= 15 is 0 Å². The molecular weight excluding hydrogens is 580 g/mol. The Morgan fingerprint density at radius 3 is 2.20 bits per heavy atom. The summed E-state index contributed by atoms with van der Waals surface area (Å²) in [5.41, 5.74) is 5.28. The molecule has 0 bridgehead atoms. The number of benzene rings is 3. The summed E-state index contributed by atoms with van der Waals surface area (Å²) in [7, 11) is 2.14. The average Bonchev–Trinajstić information content (AvgIpc) is 3.06. The lowest BCUT2D eigenvalue weighted by molar-refractivity contribution is -0.111. The molecule has 1 aliphatic heterocycles. The maximum Gasteiger partial charge on any atom is 0.256 e. The standard InChI is InChI=1S/C35H38N8O3/c1-4-33(44)39-28-7-5-6-27(18-28)36-22-32-37-20-30(21-38-32)41-35(46)31-19-29(13-8-24(31)2)40-34(45)26-11-9-25(10-12-26)23-43-16-14-42(3)15-17-43/h4-13,18-21,36H,1,14-17,22-23H2,2-3H3,(H,39,44)(H,40,45)(H,41,46). The number of aryl methyl sites for hydroxylation is 1. The Morgan fingerprint density at radius 1 is 0.804 bits per heavy atom. The van der Waals surface area contributed by atoms with Crippen LogP contribution < -0.4 is 21.3 Å². The zero-order valence-electron chi connectivity index (χ0n) is 26.0. The van der Waals surface area contributed by atoms with Gasteiger partial charge in [-0.25, -0.2) is 9.97 Å². The van der Waals surface area contributed by atoms with Crippen LogP contribution >= 0.6 is 0 Å². The molecule has 46 heavy (non-hydrogen) atoms. The van der Waals surface area contributed by atoms with E-state index in [0.717, 1.165) is 44.0 Å². The van der Waals surface area contributed by atoms with Crippen LogP contribution in [0.5, 0.6) is 0 Å². The van der Waals surface area contributed by atoms with Crippen molar-refractivity contribution >= 4 is 40.5 Å². The van der Waals surface area contributed by atoms with Crippen molar-refractivity contribution in [3.8, 4) is 0 Å². The highest BCUT2D eigenvalue weighted by molar-refractivity contribution is 6.08. The lowest BCUT2D eigenvalue weighted by Gasteiger charge is -2.32. The van der Waals surface area contributed by atoms with Crippen LogP contribution in [0.15, 0.2) is 91.8 Å². The Labute approximate surface area is 268 Å². The lowest BCUT2D eigenvalue weighted by atomic mass is 10.1. The van der Waals surface area contributed by atoms with Gasteiger partial charge in [-0.15, -0.1) is 0 Å². The van der Waals surface area contributed by atoms with Crippen molar-refractivity contribution in [2.24, 2.45) is 0 Å². The number of nitrogens with zero attached hydrogens (tertiary/aromatic N) is 4. The van der Waals surface area contributed by atoms with Crippen molar-refractivity contribution in [3.05, 3.63) is 120 Å². The molecule has 0 spiro atoms. The van der Waals surface area contributed by atoms with Crippen LogP contribution in [0, 0.1) is 6.92 Å². The maximum absolute atomic E-state index is 13.2. The highest BCUT2D eigenvalue weighted by Gasteiger charge is 2.16. The highest BCUT2D eigenvalue weighted by atomic mass is 16.2. The summed E-state index contributed by atoms with van der Waals surface area (Å²) in [5, 5.41) is 11.7. The number of anilines is 4. The Morgan fingerprint density at radius 2 is 1.48 bits per heavy atom. The van der Waals surface area contributed by atoms with Crippen LogP contribution in [0.4, 0.5) is 22.7 Å². The second kappa shape index (κ2) is 15.1. The summed E-state index contributed by atoms with van der Waals surface area (Å²) in [6.07, 6.45) is 4.29. The normalized spacial score (nSPS) is 13.4. The number of carbonyl (C=O) groups excluding carboxylic acids is 3. The van der Waals surface area contributed by atoms with E-state index in [-0.39, 0.29) is 17.7 Å². The molecule has 236 valence electrons. The Bertz CT molecular complexity index is 1700. The van der Waals surface area contributed by atoms with Crippen LogP contribution in [-0.4, -0.2) is 70.7 Å². The van der Waals surface area contributed by atoms with E-state index in [9.17, 15) is 14.4 Å². The zero-order chi connectivity index (χ0) is 32.5. The van der Waals surface area contributed by atoms with E-state index in [0.29, 0.717) is 40.6 Å². The summed E-state index contributed by atoms with van der Waals surface area (Å²) in [5.74, 6) is -0.351. The van der Waals surface area contributed by atoms with Gasteiger partial charge in [0, 0.05) is 60.9 Å². The molecule has 1 fully saturated rings. The monoisotopic (exact) mass is 618 g/mol. The molecule has 0 aliphatic carbocycles. The summed E-state index contributed by atoms with van der Waals surface area (Å²) >= 11 is 0. The molecule has 4 aromatic rings. The van der Waals surface area contributed by atoms with Gasteiger partial charge in [0.15, 0.2) is 0 Å². The summed E-state index contributed by atoms with van der Waals surface area (Å²) in [6, 6.07) is 20.1. The van der Waals surface area contributed by atoms with Crippen molar-refractivity contribution in [1.29, 1.82) is 0 Å². The average molecular weight is 619 g/mol. The van der Waals surface area contributed by atoms with E-state index in [2.05, 4.69) is 54.7 Å². The molecule has 2 heterocycles. The number of carbonyl (C=O) groups is 3. The number of piperazine rings is 1.